The van der Waals surface area contributed by atoms with E-state index in [9.17, 15) is 4.79 Å². The van der Waals surface area contributed by atoms with Gasteiger partial charge in [0.15, 0.2) is 0 Å². The van der Waals surface area contributed by atoms with Gasteiger partial charge in [0.25, 0.3) is 5.56 Å². The zero-order valence-electron chi connectivity index (χ0n) is 7.43. The lowest BCUT2D eigenvalue weighted by Crippen LogP contribution is -2.18. The molecule has 0 aliphatic rings. The van der Waals surface area contributed by atoms with Gasteiger partial charge in [0.05, 0.1) is 1.37 Å². The van der Waals surface area contributed by atoms with Crippen LogP contribution in [-0.4, -0.2) is 4.57 Å². The molecule has 0 aliphatic heterocycles. The van der Waals surface area contributed by atoms with Crippen LogP contribution in [0.15, 0.2) is 17.0 Å². The van der Waals surface area contributed by atoms with Crippen LogP contribution in [0, 0.1) is 13.8 Å². The molecule has 0 saturated heterocycles. The van der Waals surface area contributed by atoms with Crippen LogP contribution in [0.2, 0.25) is 0 Å². The van der Waals surface area contributed by atoms with E-state index >= 15 is 0 Å². The van der Waals surface area contributed by atoms with E-state index in [1.807, 2.05) is 0 Å². The summed E-state index contributed by atoms with van der Waals surface area (Å²) < 4.78 is 8.87. The molecule has 54 valence electrons. The number of pyridine rings is 1. The van der Waals surface area contributed by atoms with Crippen molar-refractivity contribution in [2.45, 2.75) is 13.8 Å². The van der Waals surface area contributed by atoms with Crippen molar-refractivity contribution in [2.75, 3.05) is 0 Å². The Morgan fingerprint density at radius 2 is 2.20 bits per heavy atom. The fraction of sp³-hybridized carbons (Fsp3) is 0.375. The summed E-state index contributed by atoms with van der Waals surface area (Å²) in [6.45, 7) is 3.54. The van der Waals surface area contributed by atoms with Crippen LogP contribution in [0.3, 0.4) is 0 Å². The molecule has 0 saturated carbocycles. The van der Waals surface area contributed by atoms with Gasteiger partial charge < -0.3 is 4.57 Å². The first-order valence-electron chi connectivity index (χ1n) is 3.67. The van der Waals surface area contributed by atoms with Gasteiger partial charge in [0, 0.05) is 18.8 Å². The molecule has 0 unspecified atom stereocenters. The average Bonchev–Trinajstić information content (AvgIpc) is 1.97. The fourth-order valence-corrected chi connectivity index (χ4v) is 0.785. The highest BCUT2D eigenvalue weighted by molar-refractivity contribution is 5.20. The Morgan fingerprint density at radius 3 is 2.80 bits per heavy atom. The van der Waals surface area contributed by atoms with Crippen LogP contribution >= 0.6 is 0 Å². The van der Waals surface area contributed by atoms with Crippen molar-refractivity contribution in [3.05, 3.63) is 33.7 Å². The van der Waals surface area contributed by atoms with Gasteiger partial charge in [-0.2, -0.15) is 0 Å². The molecule has 1 heterocycles. The molecule has 0 radical (unpaired) electrons. The Kier molecular flexibility index (Phi) is 1.31. The monoisotopic (exact) mass is 138 g/mol. The Labute approximate surface area is 61.5 Å². The fourth-order valence-electron chi connectivity index (χ4n) is 0.785. The average molecular weight is 138 g/mol. The van der Waals surface area contributed by atoms with E-state index in [1.165, 1.54) is 10.8 Å². The van der Waals surface area contributed by atoms with E-state index in [4.69, 9.17) is 1.37 Å². The van der Waals surface area contributed by atoms with E-state index in [-0.39, 0.29) is 5.56 Å². The van der Waals surface area contributed by atoms with Gasteiger partial charge >= 0.3 is 0 Å². The SMILES string of the molecule is [2H]c1cn(C)c(=O)c(C)c1C. The predicted octanol–water partition coefficient (Wildman–Crippen LogP) is 1.00. The summed E-state index contributed by atoms with van der Waals surface area (Å²) in [5, 5.41) is 0. The minimum atomic E-state index is -0.0153. The lowest BCUT2D eigenvalue weighted by molar-refractivity contribution is 0.843. The van der Waals surface area contributed by atoms with Crippen molar-refractivity contribution >= 4 is 0 Å². The molecular formula is C8H11NO. The number of rotatable bonds is 0. The minimum Gasteiger partial charge on any atom is -0.318 e. The Bertz CT molecular complexity index is 341. The maximum absolute atomic E-state index is 11.2. The van der Waals surface area contributed by atoms with Crippen molar-refractivity contribution in [2.24, 2.45) is 7.05 Å². The lowest BCUT2D eigenvalue weighted by atomic mass is 10.2. The third-order valence-corrected chi connectivity index (χ3v) is 1.68. The van der Waals surface area contributed by atoms with Gasteiger partial charge in [-0.25, -0.2) is 0 Å². The molecule has 0 amide bonds. The zero-order chi connectivity index (χ0) is 8.59. The highest BCUT2D eigenvalue weighted by Gasteiger charge is 1.96. The standard InChI is InChI=1S/C8H11NO/c1-6-4-5-9(3)8(10)7(6)2/h4-5H,1-3H3/i4D. The predicted molar refractivity (Wildman–Crippen MR) is 41.2 cm³/mol. The highest BCUT2D eigenvalue weighted by atomic mass is 16.1. The van der Waals surface area contributed by atoms with Crippen molar-refractivity contribution in [3.63, 3.8) is 0 Å². The van der Waals surface area contributed by atoms with E-state index in [2.05, 4.69) is 0 Å². The molecule has 1 aromatic heterocycles. The van der Waals surface area contributed by atoms with E-state index in [1.54, 1.807) is 20.9 Å². The number of aromatic nitrogens is 1. The zero-order valence-corrected chi connectivity index (χ0v) is 6.43. The summed E-state index contributed by atoms with van der Waals surface area (Å²) in [5.41, 5.74) is 1.42. The van der Waals surface area contributed by atoms with Gasteiger partial charge in [0.2, 0.25) is 0 Å². The summed E-state index contributed by atoms with van der Waals surface area (Å²) in [6, 6.07) is 0.421. The molecule has 0 aliphatic carbocycles. The lowest BCUT2D eigenvalue weighted by Gasteiger charge is -2.00. The minimum absolute atomic E-state index is 0.0153. The number of hydrogen-bond donors (Lipinski definition) is 0. The Balaban J connectivity index is 3.59. The Morgan fingerprint density at radius 1 is 1.60 bits per heavy atom. The van der Waals surface area contributed by atoms with Gasteiger partial charge in [-0.15, -0.1) is 0 Å². The number of nitrogens with zero attached hydrogens (tertiary/aromatic N) is 1. The number of hydrogen-bond acceptors (Lipinski definition) is 1. The first-order valence-corrected chi connectivity index (χ1v) is 3.17. The molecule has 0 N–H and O–H groups in total. The first kappa shape index (κ1) is 5.71. The summed E-state index contributed by atoms with van der Waals surface area (Å²) in [4.78, 5) is 11.2. The summed E-state index contributed by atoms with van der Waals surface area (Å²) in [5.74, 6) is 0. The molecular weight excluding hydrogens is 126 g/mol. The molecule has 0 aromatic carbocycles. The largest absolute Gasteiger partial charge is 0.318 e. The topological polar surface area (TPSA) is 22.0 Å². The van der Waals surface area contributed by atoms with E-state index in [0.29, 0.717) is 11.6 Å². The Hall–Kier alpha value is -1.05. The van der Waals surface area contributed by atoms with Crippen molar-refractivity contribution in [1.82, 2.24) is 4.57 Å². The van der Waals surface area contributed by atoms with Gasteiger partial charge in [-0.1, -0.05) is 0 Å². The highest BCUT2D eigenvalue weighted by Crippen LogP contribution is 1.97. The van der Waals surface area contributed by atoms with Crippen molar-refractivity contribution in [1.29, 1.82) is 0 Å². The van der Waals surface area contributed by atoms with Crippen LogP contribution in [0.4, 0.5) is 0 Å². The van der Waals surface area contributed by atoms with Crippen LogP contribution < -0.4 is 5.56 Å². The van der Waals surface area contributed by atoms with Gasteiger partial charge in [0.1, 0.15) is 0 Å². The molecule has 1 rings (SSSR count). The molecule has 0 atom stereocenters. The van der Waals surface area contributed by atoms with Crippen molar-refractivity contribution < 1.29 is 1.37 Å². The van der Waals surface area contributed by atoms with Gasteiger partial charge in [-0.3, -0.25) is 4.79 Å². The summed E-state index contributed by atoms with van der Waals surface area (Å²) in [6.07, 6.45) is 1.53. The first-order chi connectivity index (χ1) is 5.04. The van der Waals surface area contributed by atoms with Crippen LogP contribution in [0.5, 0.6) is 0 Å². The van der Waals surface area contributed by atoms with E-state index in [0.717, 1.165) is 5.56 Å². The van der Waals surface area contributed by atoms with E-state index < -0.39 is 0 Å². The van der Waals surface area contributed by atoms with Crippen molar-refractivity contribution in [3.8, 4) is 0 Å². The van der Waals surface area contributed by atoms with Crippen LogP contribution in [0.25, 0.3) is 0 Å². The second-order valence-electron chi connectivity index (χ2n) is 2.44. The maximum atomic E-state index is 11.2. The molecule has 0 spiro atoms. The molecule has 10 heavy (non-hydrogen) atoms. The molecule has 2 heteroatoms. The second-order valence-corrected chi connectivity index (χ2v) is 2.44. The molecule has 1 aromatic rings. The summed E-state index contributed by atoms with van der Waals surface area (Å²) >= 11 is 0. The third-order valence-electron chi connectivity index (χ3n) is 1.68. The van der Waals surface area contributed by atoms with Crippen LogP contribution in [0.1, 0.15) is 12.5 Å². The smallest absolute Gasteiger partial charge is 0.253 e. The van der Waals surface area contributed by atoms with Gasteiger partial charge in [-0.05, 0) is 25.5 Å². The molecule has 0 bridgehead atoms. The second kappa shape index (κ2) is 2.29. The third kappa shape index (κ3) is 0.967. The number of aryl methyl sites for hydroxylation is 1. The molecule has 2 nitrogen and oxygen atoms in total. The summed E-state index contributed by atoms with van der Waals surface area (Å²) in [7, 11) is 1.66. The maximum Gasteiger partial charge on any atom is 0.253 e. The normalized spacial score (nSPS) is 11.3. The molecule has 0 fully saturated rings. The van der Waals surface area contributed by atoms with Crippen LogP contribution in [-0.2, 0) is 7.05 Å². The quantitative estimate of drug-likeness (QED) is 0.524.